The quantitative estimate of drug-likeness (QED) is 0.252. The van der Waals surface area contributed by atoms with Crippen LogP contribution in [0, 0.1) is 0 Å². The Bertz CT molecular complexity index is 465. The van der Waals surface area contributed by atoms with Crippen molar-refractivity contribution in [2.45, 2.75) is 124 Å². The summed E-state index contributed by atoms with van der Waals surface area (Å²) in [6, 6.07) is 0. The molecule has 0 aliphatic heterocycles. The number of aryl methyl sites for hydroxylation is 1. The molecular weight excluding hydrogens is 396 g/mol. The first-order valence-corrected chi connectivity index (χ1v) is 11.6. The lowest BCUT2D eigenvalue weighted by Crippen LogP contribution is -3.00. The number of halogens is 1. The van der Waals surface area contributed by atoms with Gasteiger partial charge in [0.25, 0.3) is 5.82 Å². The predicted molar refractivity (Wildman–Crippen MR) is 115 cm³/mol. The number of aromatic nitrogens is 2. The summed E-state index contributed by atoms with van der Waals surface area (Å²) < 4.78 is 4.76. The summed E-state index contributed by atoms with van der Waals surface area (Å²) in [5, 5.41) is 0. The molecule has 0 amide bonds. The summed E-state index contributed by atoms with van der Waals surface area (Å²) >= 11 is 0. The van der Waals surface area contributed by atoms with Crippen molar-refractivity contribution in [2.75, 3.05) is 0 Å². The molecule has 0 radical (unpaired) electrons. The molecule has 0 saturated heterocycles. The van der Waals surface area contributed by atoms with Gasteiger partial charge in [-0.3, -0.25) is 0 Å². The zero-order chi connectivity index (χ0) is 18.9. The highest BCUT2D eigenvalue weighted by Gasteiger charge is 2.13. The average Bonchev–Trinajstić information content (AvgIpc) is 3.05. The molecular formula is C24H45BrN2. The molecule has 0 unspecified atom stereocenters. The molecule has 0 spiro atoms. The van der Waals surface area contributed by atoms with Gasteiger partial charge in [-0.15, -0.1) is 0 Å². The third-order valence-electron chi connectivity index (χ3n) is 5.37. The first kappa shape index (κ1) is 26.4. The standard InChI is InChI=1S/C24H45N2.BrH/c1-4-7-9-11-13-14-15-17-19-21-26-23-22-25(6-3)24(26)20-18-16-12-10-8-5-2;/h19,21-23H,4-18,20H2,1-3H3;1H/q+1;/p-1. The monoisotopic (exact) mass is 440 g/mol. The lowest BCUT2D eigenvalue weighted by Gasteiger charge is -2.02. The number of unbranched alkanes of at least 4 members (excludes halogenated alkanes) is 12. The Labute approximate surface area is 180 Å². The van der Waals surface area contributed by atoms with Crippen LogP contribution in [0.5, 0.6) is 0 Å². The van der Waals surface area contributed by atoms with Gasteiger partial charge in [0, 0.05) is 6.42 Å². The average molecular weight is 442 g/mol. The van der Waals surface area contributed by atoms with Crippen molar-refractivity contribution in [3.63, 3.8) is 0 Å². The second-order valence-corrected chi connectivity index (χ2v) is 7.72. The molecule has 0 aliphatic carbocycles. The largest absolute Gasteiger partial charge is 1.00 e. The van der Waals surface area contributed by atoms with Crippen molar-refractivity contribution in [2.24, 2.45) is 0 Å². The van der Waals surface area contributed by atoms with Crippen LogP contribution < -0.4 is 21.5 Å². The minimum absolute atomic E-state index is 0. The Morgan fingerprint density at radius 1 is 0.778 bits per heavy atom. The number of hydrogen-bond donors (Lipinski definition) is 0. The molecule has 0 aromatic carbocycles. The smallest absolute Gasteiger partial charge is 0.261 e. The zero-order valence-corrected chi connectivity index (χ0v) is 20.0. The van der Waals surface area contributed by atoms with Gasteiger partial charge in [0.2, 0.25) is 0 Å². The van der Waals surface area contributed by atoms with Crippen LogP contribution in [0.3, 0.4) is 0 Å². The number of rotatable bonds is 17. The van der Waals surface area contributed by atoms with E-state index in [4.69, 9.17) is 0 Å². The molecule has 0 aliphatic rings. The van der Waals surface area contributed by atoms with E-state index >= 15 is 0 Å². The van der Waals surface area contributed by atoms with Crippen LogP contribution in [0.1, 0.15) is 116 Å². The molecule has 0 bridgehead atoms. The maximum Gasteiger partial charge on any atom is 0.261 e. The van der Waals surface area contributed by atoms with Crippen LogP contribution >= 0.6 is 0 Å². The molecule has 0 saturated carbocycles. The van der Waals surface area contributed by atoms with Crippen LogP contribution in [0.25, 0.3) is 6.20 Å². The van der Waals surface area contributed by atoms with E-state index in [-0.39, 0.29) is 17.0 Å². The molecule has 0 atom stereocenters. The van der Waals surface area contributed by atoms with E-state index in [1.807, 2.05) is 0 Å². The predicted octanol–water partition coefficient (Wildman–Crippen LogP) is 4.31. The third kappa shape index (κ3) is 12.5. The Morgan fingerprint density at radius 2 is 1.33 bits per heavy atom. The molecule has 2 nitrogen and oxygen atoms in total. The van der Waals surface area contributed by atoms with Gasteiger partial charge >= 0.3 is 0 Å². The van der Waals surface area contributed by atoms with Gasteiger partial charge in [-0.1, -0.05) is 84.5 Å². The van der Waals surface area contributed by atoms with Crippen molar-refractivity contribution in [1.82, 2.24) is 4.57 Å². The van der Waals surface area contributed by atoms with E-state index < -0.39 is 0 Å². The van der Waals surface area contributed by atoms with Crippen LogP contribution in [-0.4, -0.2) is 4.57 Å². The van der Waals surface area contributed by atoms with Gasteiger partial charge < -0.3 is 17.0 Å². The minimum atomic E-state index is 0. The molecule has 0 N–H and O–H groups in total. The minimum Gasteiger partial charge on any atom is -1.00 e. The normalized spacial score (nSPS) is 11.2. The molecule has 3 heteroatoms. The van der Waals surface area contributed by atoms with E-state index in [2.05, 4.69) is 54.6 Å². The van der Waals surface area contributed by atoms with Crippen molar-refractivity contribution in [3.05, 3.63) is 24.3 Å². The fourth-order valence-electron chi connectivity index (χ4n) is 3.64. The van der Waals surface area contributed by atoms with E-state index in [9.17, 15) is 0 Å². The van der Waals surface area contributed by atoms with Crippen molar-refractivity contribution in [1.29, 1.82) is 0 Å². The van der Waals surface area contributed by atoms with E-state index in [1.54, 1.807) is 0 Å². The van der Waals surface area contributed by atoms with Crippen molar-refractivity contribution < 1.29 is 21.5 Å². The number of imidazole rings is 1. The highest BCUT2D eigenvalue weighted by atomic mass is 79.9. The van der Waals surface area contributed by atoms with Crippen LogP contribution in [0.4, 0.5) is 0 Å². The van der Waals surface area contributed by atoms with Gasteiger partial charge in [-0.05, 0) is 32.3 Å². The van der Waals surface area contributed by atoms with Gasteiger partial charge in [0.1, 0.15) is 12.4 Å². The highest BCUT2D eigenvalue weighted by Crippen LogP contribution is 2.11. The van der Waals surface area contributed by atoms with Crippen LogP contribution in [0.15, 0.2) is 18.5 Å². The topological polar surface area (TPSA) is 8.81 Å². The zero-order valence-electron chi connectivity index (χ0n) is 18.4. The first-order chi connectivity index (χ1) is 12.8. The number of nitrogens with zero attached hydrogens (tertiary/aromatic N) is 2. The second kappa shape index (κ2) is 18.8. The fraction of sp³-hybridized carbons (Fsp3) is 0.792. The molecule has 1 heterocycles. The fourth-order valence-corrected chi connectivity index (χ4v) is 3.64. The van der Waals surface area contributed by atoms with Gasteiger partial charge in [0.05, 0.1) is 12.7 Å². The maximum atomic E-state index is 2.41. The summed E-state index contributed by atoms with van der Waals surface area (Å²) in [6.45, 7) is 7.89. The molecule has 27 heavy (non-hydrogen) atoms. The Kier molecular flexibility index (Phi) is 18.4. The summed E-state index contributed by atoms with van der Waals surface area (Å²) in [4.78, 5) is 0. The van der Waals surface area contributed by atoms with E-state index in [0.29, 0.717) is 0 Å². The highest BCUT2D eigenvalue weighted by molar-refractivity contribution is 5.22. The van der Waals surface area contributed by atoms with Gasteiger partial charge in [-0.2, -0.15) is 0 Å². The molecule has 158 valence electrons. The SMILES string of the molecule is CCCCCCCCCC=Cn1cc[n+](CC)c1CCCCCCCC.[Br-]. The van der Waals surface area contributed by atoms with Crippen LogP contribution in [0.2, 0.25) is 0 Å². The summed E-state index contributed by atoms with van der Waals surface area (Å²) in [6.07, 6.45) is 29.5. The summed E-state index contributed by atoms with van der Waals surface area (Å²) in [7, 11) is 0. The molecule has 1 aromatic heterocycles. The van der Waals surface area contributed by atoms with E-state index in [1.165, 1.54) is 102 Å². The Morgan fingerprint density at radius 3 is 1.93 bits per heavy atom. The van der Waals surface area contributed by atoms with Crippen molar-refractivity contribution in [3.8, 4) is 0 Å². The van der Waals surface area contributed by atoms with Crippen molar-refractivity contribution >= 4 is 6.20 Å². The Balaban J connectivity index is 0.00000676. The second-order valence-electron chi connectivity index (χ2n) is 7.72. The van der Waals surface area contributed by atoms with Gasteiger partial charge in [0.15, 0.2) is 0 Å². The van der Waals surface area contributed by atoms with Crippen LogP contribution in [-0.2, 0) is 13.0 Å². The molecule has 1 rings (SSSR count). The third-order valence-corrected chi connectivity index (χ3v) is 5.37. The molecule has 0 fully saturated rings. The lowest BCUT2D eigenvalue weighted by molar-refractivity contribution is -0.700. The first-order valence-electron chi connectivity index (χ1n) is 11.6. The number of allylic oxidation sites excluding steroid dienone is 1. The summed E-state index contributed by atoms with van der Waals surface area (Å²) in [5.74, 6) is 1.47. The Hall–Kier alpha value is -0.570. The van der Waals surface area contributed by atoms with E-state index in [0.717, 1.165) is 6.54 Å². The molecule has 1 aromatic rings. The lowest BCUT2D eigenvalue weighted by atomic mass is 10.1. The number of hydrogen-bond acceptors (Lipinski definition) is 0. The summed E-state index contributed by atoms with van der Waals surface area (Å²) in [5.41, 5.74) is 0. The maximum absolute atomic E-state index is 2.41. The van der Waals surface area contributed by atoms with Gasteiger partial charge in [-0.25, -0.2) is 9.13 Å².